The zero-order chi connectivity index (χ0) is 11.5. The van der Waals surface area contributed by atoms with Crippen LogP contribution in [0, 0.1) is 10.1 Å². The molecule has 0 spiro atoms. The van der Waals surface area contributed by atoms with Crippen LogP contribution in [0.3, 0.4) is 0 Å². The zero-order valence-electron chi connectivity index (χ0n) is 8.35. The molecule has 1 aliphatic heterocycles. The Morgan fingerprint density at radius 1 is 1.75 bits per heavy atom. The van der Waals surface area contributed by atoms with Crippen molar-refractivity contribution in [1.29, 1.82) is 0 Å². The Labute approximate surface area is 100 Å². The molecule has 16 heavy (non-hydrogen) atoms. The third-order valence-electron chi connectivity index (χ3n) is 2.32. The summed E-state index contributed by atoms with van der Waals surface area (Å²) in [6.07, 6.45) is 2.65. The maximum atomic E-state index is 10.8. The summed E-state index contributed by atoms with van der Waals surface area (Å²) in [6, 6.07) is 1.43. The SMILES string of the molecule is O=[N+]([O-])c1cc(Br)cnc1NCC1CCO1. The van der Waals surface area contributed by atoms with E-state index >= 15 is 0 Å². The normalized spacial score (nSPS) is 18.9. The van der Waals surface area contributed by atoms with Crippen LogP contribution in [0.25, 0.3) is 0 Å². The van der Waals surface area contributed by atoms with Gasteiger partial charge in [0.1, 0.15) is 0 Å². The lowest BCUT2D eigenvalue weighted by atomic mass is 10.2. The highest BCUT2D eigenvalue weighted by Gasteiger charge is 2.21. The van der Waals surface area contributed by atoms with E-state index in [4.69, 9.17) is 4.74 Å². The lowest BCUT2D eigenvalue weighted by Crippen LogP contribution is -2.33. The largest absolute Gasteiger partial charge is 0.376 e. The minimum Gasteiger partial charge on any atom is -0.376 e. The fraction of sp³-hybridized carbons (Fsp3) is 0.444. The maximum Gasteiger partial charge on any atom is 0.312 e. The summed E-state index contributed by atoms with van der Waals surface area (Å²) in [5.41, 5.74) is -0.0336. The van der Waals surface area contributed by atoms with E-state index in [1.807, 2.05) is 0 Å². The minimum absolute atomic E-state index is 0.0336. The van der Waals surface area contributed by atoms with Gasteiger partial charge in [-0.1, -0.05) is 0 Å². The second-order valence-corrected chi connectivity index (χ2v) is 4.36. The summed E-state index contributed by atoms with van der Waals surface area (Å²) >= 11 is 3.15. The zero-order valence-corrected chi connectivity index (χ0v) is 9.94. The highest BCUT2D eigenvalue weighted by atomic mass is 79.9. The Kier molecular flexibility index (Phi) is 3.35. The minimum atomic E-state index is -0.457. The van der Waals surface area contributed by atoms with Crippen LogP contribution in [-0.2, 0) is 4.74 Å². The van der Waals surface area contributed by atoms with E-state index in [0.29, 0.717) is 11.0 Å². The third kappa shape index (κ3) is 2.48. The summed E-state index contributed by atoms with van der Waals surface area (Å²) in [5, 5.41) is 13.7. The molecular formula is C9H10BrN3O3. The van der Waals surface area contributed by atoms with Crippen LogP contribution in [0.5, 0.6) is 0 Å². The fourth-order valence-corrected chi connectivity index (χ4v) is 1.68. The number of aromatic nitrogens is 1. The third-order valence-corrected chi connectivity index (χ3v) is 2.76. The van der Waals surface area contributed by atoms with Gasteiger partial charge in [0.2, 0.25) is 5.82 Å². The molecule has 2 heterocycles. The van der Waals surface area contributed by atoms with Crippen LogP contribution >= 0.6 is 15.9 Å². The number of nitrogens with zero attached hydrogens (tertiary/aromatic N) is 2. The lowest BCUT2D eigenvalue weighted by Gasteiger charge is -2.26. The molecule has 1 unspecified atom stereocenters. The maximum absolute atomic E-state index is 10.8. The van der Waals surface area contributed by atoms with Gasteiger partial charge in [0.15, 0.2) is 0 Å². The Morgan fingerprint density at radius 3 is 3.06 bits per heavy atom. The van der Waals surface area contributed by atoms with Crippen molar-refractivity contribution in [2.75, 3.05) is 18.5 Å². The van der Waals surface area contributed by atoms with Gasteiger partial charge in [-0.3, -0.25) is 10.1 Å². The van der Waals surface area contributed by atoms with E-state index in [-0.39, 0.29) is 17.6 Å². The fourth-order valence-electron chi connectivity index (χ4n) is 1.36. The first-order valence-electron chi connectivity index (χ1n) is 4.82. The van der Waals surface area contributed by atoms with Crippen LogP contribution in [0.4, 0.5) is 11.5 Å². The van der Waals surface area contributed by atoms with Gasteiger partial charge in [0.25, 0.3) is 0 Å². The van der Waals surface area contributed by atoms with E-state index < -0.39 is 4.92 Å². The number of nitro groups is 1. The van der Waals surface area contributed by atoms with Crippen molar-refractivity contribution in [1.82, 2.24) is 4.98 Å². The van der Waals surface area contributed by atoms with Gasteiger partial charge >= 0.3 is 5.69 Å². The molecular weight excluding hydrogens is 278 g/mol. The standard InChI is InChI=1S/C9H10BrN3O3/c10-6-3-8(13(14)15)9(11-4-6)12-5-7-1-2-16-7/h3-4,7H,1-2,5H2,(H,11,12). The lowest BCUT2D eigenvalue weighted by molar-refractivity contribution is -0.384. The summed E-state index contributed by atoms with van der Waals surface area (Å²) in [4.78, 5) is 14.3. The Bertz CT molecular complexity index is 409. The number of hydrogen-bond donors (Lipinski definition) is 1. The molecule has 2 rings (SSSR count). The predicted octanol–water partition coefficient (Wildman–Crippen LogP) is 1.95. The van der Waals surface area contributed by atoms with Crippen molar-refractivity contribution in [2.45, 2.75) is 12.5 Å². The number of hydrogen-bond acceptors (Lipinski definition) is 5. The van der Waals surface area contributed by atoms with Gasteiger partial charge in [-0.15, -0.1) is 0 Å². The second-order valence-electron chi connectivity index (χ2n) is 3.44. The molecule has 1 N–H and O–H groups in total. The number of ether oxygens (including phenoxy) is 1. The number of anilines is 1. The van der Waals surface area contributed by atoms with Gasteiger partial charge in [-0.05, 0) is 22.4 Å². The molecule has 1 aliphatic rings. The molecule has 0 saturated carbocycles. The first-order chi connectivity index (χ1) is 7.66. The van der Waals surface area contributed by atoms with Crippen molar-refractivity contribution in [3.8, 4) is 0 Å². The van der Waals surface area contributed by atoms with Gasteiger partial charge in [-0.2, -0.15) is 0 Å². The van der Waals surface area contributed by atoms with Crippen molar-refractivity contribution in [3.63, 3.8) is 0 Å². The second kappa shape index (κ2) is 4.75. The molecule has 1 saturated heterocycles. The van der Waals surface area contributed by atoms with E-state index in [0.717, 1.165) is 13.0 Å². The monoisotopic (exact) mass is 287 g/mol. The van der Waals surface area contributed by atoms with Crippen molar-refractivity contribution >= 4 is 27.4 Å². The highest BCUT2D eigenvalue weighted by Crippen LogP contribution is 2.25. The molecule has 1 fully saturated rings. The van der Waals surface area contributed by atoms with Crippen LogP contribution in [-0.4, -0.2) is 29.2 Å². The molecule has 1 atom stereocenters. The quantitative estimate of drug-likeness (QED) is 0.677. The molecule has 1 aromatic rings. The van der Waals surface area contributed by atoms with Gasteiger partial charge in [0, 0.05) is 29.9 Å². The van der Waals surface area contributed by atoms with Crippen molar-refractivity contribution < 1.29 is 9.66 Å². The van der Waals surface area contributed by atoms with E-state index in [2.05, 4.69) is 26.2 Å². The first-order valence-corrected chi connectivity index (χ1v) is 5.61. The molecule has 6 nitrogen and oxygen atoms in total. The number of nitrogens with one attached hydrogen (secondary N) is 1. The van der Waals surface area contributed by atoms with Gasteiger partial charge in [0.05, 0.1) is 11.0 Å². The van der Waals surface area contributed by atoms with Crippen LogP contribution < -0.4 is 5.32 Å². The summed E-state index contributed by atoms with van der Waals surface area (Å²) in [7, 11) is 0. The van der Waals surface area contributed by atoms with E-state index in [1.165, 1.54) is 12.3 Å². The Morgan fingerprint density at radius 2 is 2.50 bits per heavy atom. The Balaban J connectivity index is 2.08. The van der Waals surface area contributed by atoms with Crippen molar-refractivity contribution in [2.24, 2.45) is 0 Å². The van der Waals surface area contributed by atoms with Crippen molar-refractivity contribution in [3.05, 3.63) is 26.9 Å². The summed E-state index contributed by atoms with van der Waals surface area (Å²) in [5.74, 6) is 0.281. The molecule has 0 amide bonds. The predicted molar refractivity (Wildman–Crippen MR) is 61.4 cm³/mol. The number of rotatable bonds is 4. The molecule has 86 valence electrons. The number of halogens is 1. The summed E-state index contributed by atoms with van der Waals surface area (Å²) < 4.78 is 5.79. The average molecular weight is 288 g/mol. The molecule has 0 radical (unpaired) electrons. The molecule has 1 aromatic heterocycles. The number of pyridine rings is 1. The smallest absolute Gasteiger partial charge is 0.312 e. The molecule has 0 aliphatic carbocycles. The average Bonchev–Trinajstić information content (AvgIpc) is 2.17. The summed E-state index contributed by atoms with van der Waals surface area (Å²) in [6.45, 7) is 1.32. The van der Waals surface area contributed by atoms with Gasteiger partial charge < -0.3 is 10.1 Å². The topological polar surface area (TPSA) is 77.3 Å². The molecule has 0 aromatic carbocycles. The first kappa shape index (κ1) is 11.3. The van der Waals surface area contributed by atoms with Crippen LogP contribution in [0.1, 0.15) is 6.42 Å². The highest BCUT2D eigenvalue weighted by molar-refractivity contribution is 9.10. The Hall–Kier alpha value is -1.21. The van der Waals surface area contributed by atoms with E-state index in [1.54, 1.807) is 0 Å². The molecule has 0 bridgehead atoms. The molecule has 7 heteroatoms. The van der Waals surface area contributed by atoms with E-state index in [9.17, 15) is 10.1 Å². The van der Waals surface area contributed by atoms with Crippen LogP contribution in [0.2, 0.25) is 0 Å². The van der Waals surface area contributed by atoms with Crippen LogP contribution in [0.15, 0.2) is 16.7 Å². The van der Waals surface area contributed by atoms with Gasteiger partial charge in [-0.25, -0.2) is 4.98 Å².